The number of amides is 1. The molecule has 22 heavy (non-hydrogen) atoms. The first-order valence-electron chi connectivity index (χ1n) is 7.06. The summed E-state index contributed by atoms with van der Waals surface area (Å²) in [5, 5.41) is 6.62. The van der Waals surface area contributed by atoms with Gasteiger partial charge in [-0.25, -0.2) is 9.37 Å². The summed E-state index contributed by atoms with van der Waals surface area (Å²) in [6, 6.07) is 4.11. The summed E-state index contributed by atoms with van der Waals surface area (Å²) in [5.74, 6) is -0.298. The number of carbonyl (C=O) groups is 1. The Bertz CT molecular complexity index is 665. The lowest BCUT2D eigenvalue weighted by Crippen LogP contribution is -2.26. The molecule has 2 N–H and O–H groups in total. The second kappa shape index (κ2) is 6.85. The van der Waals surface area contributed by atoms with E-state index in [0.717, 1.165) is 25.9 Å². The average Bonchev–Trinajstić information content (AvgIpc) is 2.95. The molecule has 2 aromatic rings. The van der Waals surface area contributed by atoms with E-state index in [1.807, 2.05) is 6.20 Å². The first-order chi connectivity index (χ1) is 10.6. The highest BCUT2D eigenvalue weighted by molar-refractivity contribution is 9.10. The van der Waals surface area contributed by atoms with Crippen molar-refractivity contribution in [3.05, 3.63) is 45.1 Å². The number of piperidine rings is 1. The number of halogens is 2. The van der Waals surface area contributed by atoms with Gasteiger partial charge in [-0.2, -0.15) is 0 Å². The summed E-state index contributed by atoms with van der Waals surface area (Å²) in [4.78, 5) is 17.6. The maximum Gasteiger partial charge on any atom is 0.257 e. The summed E-state index contributed by atoms with van der Waals surface area (Å²) in [6.07, 6.45) is 4.01. The molecule has 116 valence electrons. The normalized spacial score (nSPS) is 15.7. The Labute approximate surface area is 140 Å². The zero-order valence-electron chi connectivity index (χ0n) is 11.7. The number of aromatic nitrogens is 1. The molecule has 0 spiro atoms. The van der Waals surface area contributed by atoms with E-state index in [9.17, 15) is 9.18 Å². The van der Waals surface area contributed by atoms with Crippen molar-refractivity contribution in [1.29, 1.82) is 0 Å². The third-order valence-corrected chi connectivity index (χ3v) is 5.14. The molecule has 4 nitrogen and oxygen atoms in total. The van der Waals surface area contributed by atoms with E-state index in [4.69, 9.17) is 0 Å². The number of thiazole rings is 1. The van der Waals surface area contributed by atoms with E-state index in [0.29, 0.717) is 15.5 Å². The monoisotopic (exact) mass is 383 g/mol. The maximum absolute atomic E-state index is 13.3. The van der Waals surface area contributed by atoms with E-state index in [1.165, 1.54) is 28.3 Å². The largest absolute Gasteiger partial charge is 0.317 e. The summed E-state index contributed by atoms with van der Waals surface area (Å²) >= 11 is 4.68. The Kier molecular flexibility index (Phi) is 4.85. The van der Waals surface area contributed by atoms with Gasteiger partial charge in [0.1, 0.15) is 5.82 Å². The summed E-state index contributed by atoms with van der Waals surface area (Å²) in [6.45, 7) is 2.03. The molecular weight excluding hydrogens is 369 g/mol. The molecule has 0 unspecified atom stereocenters. The lowest BCUT2D eigenvalue weighted by Gasteiger charge is -2.20. The predicted molar refractivity (Wildman–Crippen MR) is 89.0 cm³/mol. The highest BCUT2D eigenvalue weighted by Crippen LogP contribution is 2.31. The Morgan fingerprint density at radius 2 is 2.14 bits per heavy atom. The van der Waals surface area contributed by atoms with Gasteiger partial charge in [0.15, 0.2) is 5.13 Å². The Morgan fingerprint density at radius 3 is 2.86 bits per heavy atom. The number of benzene rings is 1. The van der Waals surface area contributed by atoms with Gasteiger partial charge < -0.3 is 5.32 Å². The molecule has 7 heteroatoms. The average molecular weight is 384 g/mol. The molecule has 2 heterocycles. The van der Waals surface area contributed by atoms with Crippen molar-refractivity contribution in [1.82, 2.24) is 10.3 Å². The first kappa shape index (κ1) is 15.6. The number of nitrogens with zero attached hydrogens (tertiary/aromatic N) is 1. The Morgan fingerprint density at radius 1 is 1.36 bits per heavy atom. The van der Waals surface area contributed by atoms with Crippen LogP contribution in [0, 0.1) is 5.82 Å². The topological polar surface area (TPSA) is 54.0 Å². The van der Waals surface area contributed by atoms with Crippen LogP contribution in [0.1, 0.15) is 34.0 Å². The molecule has 1 aliphatic heterocycles. The maximum atomic E-state index is 13.3. The molecule has 1 aliphatic rings. The van der Waals surface area contributed by atoms with Crippen LogP contribution in [0.2, 0.25) is 0 Å². The zero-order valence-corrected chi connectivity index (χ0v) is 14.1. The number of nitrogens with one attached hydrogen (secondary N) is 2. The molecule has 0 bridgehead atoms. The number of anilines is 1. The standard InChI is InChI=1S/C15H15BrFN3OS/c16-11-5-10(6-12(17)7-11)14(21)20-15-19-8-13(22-15)9-1-3-18-4-2-9/h5-9,18H,1-4H2,(H,19,20,21). The van der Waals surface area contributed by atoms with Gasteiger partial charge in [0.25, 0.3) is 5.91 Å². The third-order valence-electron chi connectivity index (χ3n) is 3.61. The molecule has 1 amide bonds. The molecule has 1 fully saturated rings. The molecule has 0 aliphatic carbocycles. The van der Waals surface area contributed by atoms with E-state index < -0.39 is 5.82 Å². The molecule has 1 saturated heterocycles. The van der Waals surface area contributed by atoms with Gasteiger partial charge >= 0.3 is 0 Å². The van der Waals surface area contributed by atoms with Crippen LogP contribution in [0.15, 0.2) is 28.9 Å². The molecule has 3 rings (SSSR count). The van der Waals surface area contributed by atoms with Crippen molar-refractivity contribution in [3.63, 3.8) is 0 Å². The fraction of sp³-hybridized carbons (Fsp3) is 0.333. The Balaban J connectivity index is 1.70. The number of carbonyl (C=O) groups excluding carboxylic acids is 1. The highest BCUT2D eigenvalue weighted by Gasteiger charge is 2.18. The lowest BCUT2D eigenvalue weighted by atomic mass is 9.97. The van der Waals surface area contributed by atoms with Crippen molar-refractivity contribution >= 4 is 38.3 Å². The van der Waals surface area contributed by atoms with Crippen LogP contribution in [-0.2, 0) is 0 Å². The van der Waals surface area contributed by atoms with Gasteiger partial charge in [-0.1, -0.05) is 15.9 Å². The lowest BCUT2D eigenvalue weighted by molar-refractivity contribution is 0.102. The van der Waals surface area contributed by atoms with Gasteiger partial charge in [0.05, 0.1) is 0 Å². The quantitative estimate of drug-likeness (QED) is 0.847. The van der Waals surface area contributed by atoms with Crippen LogP contribution in [0.25, 0.3) is 0 Å². The van der Waals surface area contributed by atoms with Gasteiger partial charge in [0, 0.05) is 21.1 Å². The van der Waals surface area contributed by atoms with Crippen molar-refractivity contribution in [2.45, 2.75) is 18.8 Å². The highest BCUT2D eigenvalue weighted by atomic mass is 79.9. The summed E-state index contributed by atoms with van der Waals surface area (Å²) in [7, 11) is 0. The van der Waals surface area contributed by atoms with Crippen LogP contribution in [0.5, 0.6) is 0 Å². The molecule has 1 aromatic carbocycles. The smallest absolute Gasteiger partial charge is 0.257 e. The number of rotatable bonds is 3. The van der Waals surface area contributed by atoms with Crippen LogP contribution in [0.3, 0.4) is 0 Å². The van der Waals surface area contributed by atoms with Gasteiger partial charge in [-0.15, -0.1) is 11.3 Å². The van der Waals surface area contributed by atoms with E-state index in [1.54, 1.807) is 6.07 Å². The molecule has 1 aromatic heterocycles. The van der Waals surface area contributed by atoms with Gasteiger partial charge in [-0.3, -0.25) is 10.1 Å². The second-order valence-electron chi connectivity index (χ2n) is 5.20. The summed E-state index contributed by atoms with van der Waals surface area (Å²) < 4.78 is 13.9. The molecule has 0 saturated carbocycles. The minimum Gasteiger partial charge on any atom is -0.317 e. The predicted octanol–water partition coefficient (Wildman–Crippen LogP) is 3.76. The van der Waals surface area contributed by atoms with Gasteiger partial charge in [-0.05, 0) is 50.0 Å². The SMILES string of the molecule is O=C(Nc1ncc(C2CCNCC2)s1)c1cc(F)cc(Br)c1. The van der Waals surface area contributed by atoms with Crippen molar-refractivity contribution in [3.8, 4) is 0 Å². The number of hydrogen-bond donors (Lipinski definition) is 2. The summed E-state index contributed by atoms with van der Waals surface area (Å²) in [5.41, 5.74) is 0.269. The fourth-order valence-electron chi connectivity index (χ4n) is 2.49. The van der Waals surface area contributed by atoms with E-state index >= 15 is 0 Å². The first-order valence-corrected chi connectivity index (χ1v) is 8.66. The van der Waals surface area contributed by atoms with Crippen molar-refractivity contribution in [2.24, 2.45) is 0 Å². The third kappa shape index (κ3) is 3.71. The molecule has 0 radical (unpaired) electrons. The van der Waals surface area contributed by atoms with Crippen molar-refractivity contribution < 1.29 is 9.18 Å². The molecule has 0 atom stereocenters. The van der Waals surface area contributed by atoms with Crippen LogP contribution >= 0.6 is 27.3 Å². The van der Waals surface area contributed by atoms with E-state index in [-0.39, 0.29) is 11.5 Å². The Hall–Kier alpha value is -1.31. The minimum atomic E-state index is -0.450. The van der Waals surface area contributed by atoms with Crippen molar-refractivity contribution in [2.75, 3.05) is 18.4 Å². The second-order valence-corrected chi connectivity index (χ2v) is 7.18. The minimum absolute atomic E-state index is 0.269. The van der Waals surface area contributed by atoms with Crippen LogP contribution < -0.4 is 10.6 Å². The van der Waals surface area contributed by atoms with E-state index in [2.05, 4.69) is 31.5 Å². The number of hydrogen-bond acceptors (Lipinski definition) is 4. The van der Waals surface area contributed by atoms with Gasteiger partial charge in [0.2, 0.25) is 0 Å². The fourth-order valence-corrected chi connectivity index (χ4v) is 3.94. The molecular formula is C15H15BrFN3OS. The van der Waals surface area contributed by atoms with Crippen LogP contribution in [0.4, 0.5) is 9.52 Å². The zero-order chi connectivity index (χ0) is 15.5. The van der Waals surface area contributed by atoms with Crippen LogP contribution in [-0.4, -0.2) is 24.0 Å².